The molecule has 4 fully saturated rings. The minimum atomic E-state index is -4.13. The molecule has 0 amide bonds. The van der Waals surface area contributed by atoms with Crippen molar-refractivity contribution in [2.45, 2.75) is 81.9 Å². The first kappa shape index (κ1) is 19.9. The molecule has 1 aliphatic carbocycles. The molecular formula is C19H33F3N4O. The van der Waals surface area contributed by atoms with Crippen LogP contribution >= 0.6 is 0 Å². The van der Waals surface area contributed by atoms with Crippen LogP contribution in [0.4, 0.5) is 13.2 Å². The summed E-state index contributed by atoms with van der Waals surface area (Å²) in [5.41, 5.74) is 6.96. The average Bonchev–Trinajstić information content (AvgIpc) is 3.19. The van der Waals surface area contributed by atoms with Gasteiger partial charge in [-0.1, -0.05) is 12.8 Å². The smallest absolute Gasteiger partial charge is 0.377 e. The Morgan fingerprint density at radius 3 is 2.41 bits per heavy atom. The summed E-state index contributed by atoms with van der Waals surface area (Å²) in [6.07, 6.45) is 4.31. The minimum Gasteiger partial charge on any atom is -0.377 e. The molecule has 3 aliphatic heterocycles. The number of alkyl halides is 3. The zero-order valence-electron chi connectivity index (χ0n) is 15.9. The molecule has 0 aromatic heterocycles. The van der Waals surface area contributed by atoms with Crippen LogP contribution in [0.3, 0.4) is 0 Å². The van der Waals surface area contributed by atoms with Gasteiger partial charge in [-0.25, -0.2) is 5.43 Å². The second-order valence-corrected chi connectivity index (χ2v) is 8.79. The second kappa shape index (κ2) is 8.53. The van der Waals surface area contributed by atoms with E-state index in [1.165, 1.54) is 25.7 Å². The van der Waals surface area contributed by atoms with Crippen molar-refractivity contribution in [2.24, 2.45) is 17.8 Å². The predicted molar refractivity (Wildman–Crippen MR) is 96.8 cm³/mol. The maximum absolute atomic E-state index is 12.9. The van der Waals surface area contributed by atoms with E-state index >= 15 is 0 Å². The van der Waals surface area contributed by atoms with Crippen molar-refractivity contribution in [3.63, 3.8) is 0 Å². The van der Waals surface area contributed by atoms with E-state index in [1.807, 2.05) is 0 Å². The third-order valence-corrected chi connectivity index (χ3v) is 7.11. The quantitative estimate of drug-likeness (QED) is 0.594. The van der Waals surface area contributed by atoms with E-state index in [0.29, 0.717) is 30.9 Å². The van der Waals surface area contributed by atoms with Gasteiger partial charge in [0.25, 0.3) is 0 Å². The van der Waals surface area contributed by atoms with E-state index in [0.717, 1.165) is 26.0 Å². The van der Waals surface area contributed by atoms with Crippen LogP contribution in [-0.2, 0) is 4.74 Å². The Balaban J connectivity index is 1.34. The van der Waals surface area contributed by atoms with E-state index < -0.39 is 12.2 Å². The summed E-state index contributed by atoms with van der Waals surface area (Å²) < 4.78 is 44.5. The van der Waals surface area contributed by atoms with Gasteiger partial charge in [-0.3, -0.25) is 10.7 Å². The summed E-state index contributed by atoms with van der Waals surface area (Å²) in [7, 11) is 0. The molecule has 5 nitrogen and oxygen atoms in total. The Morgan fingerprint density at radius 2 is 1.74 bits per heavy atom. The van der Waals surface area contributed by atoms with Crippen molar-refractivity contribution in [1.82, 2.24) is 21.5 Å². The van der Waals surface area contributed by atoms with Crippen LogP contribution in [0.5, 0.6) is 0 Å². The summed E-state index contributed by atoms with van der Waals surface area (Å²) in [6.45, 7) is 2.18. The fourth-order valence-corrected chi connectivity index (χ4v) is 5.65. The van der Waals surface area contributed by atoms with E-state index in [-0.39, 0.29) is 24.5 Å². The molecule has 3 heterocycles. The van der Waals surface area contributed by atoms with Crippen LogP contribution in [-0.4, -0.2) is 50.2 Å². The van der Waals surface area contributed by atoms with Crippen molar-refractivity contribution in [2.75, 3.05) is 19.7 Å². The van der Waals surface area contributed by atoms with Crippen molar-refractivity contribution in [1.29, 1.82) is 0 Å². The molecule has 0 aromatic rings. The summed E-state index contributed by atoms with van der Waals surface area (Å²) in [6, 6.07) is -1.09. The van der Waals surface area contributed by atoms with Gasteiger partial charge in [-0.15, -0.1) is 0 Å². The zero-order chi connectivity index (χ0) is 18.9. The van der Waals surface area contributed by atoms with Crippen LogP contribution in [0.1, 0.15) is 51.4 Å². The van der Waals surface area contributed by atoms with E-state index in [9.17, 15) is 13.2 Å². The van der Waals surface area contributed by atoms with Gasteiger partial charge in [0.1, 0.15) is 6.04 Å². The lowest BCUT2D eigenvalue weighted by Crippen LogP contribution is -2.69. The highest BCUT2D eigenvalue weighted by molar-refractivity contribution is 4.98. The number of fused-ring (bicyclic) bond motifs is 1. The highest BCUT2D eigenvalue weighted by Crippen LogP contribution is 2.40. The monoisotopic (exact) mass is 390 g/mol. The molecular weight excluding hydrogens is 357 g/mol. The normalized spacial score (nSPS) is 43.4. The molecule has 4 aliphatic rings. The Labute approximate surface area is 159 Å². The topological polar surface area (TPSA) is 57.3 Å². The van der Waals surface area contributed by atoms with Gasteiger partial charge in [-0.2, -0.15) is 13.2 Å². The van der Waals surface area contributed by atoms with Crippen LogP contribution in [0.15, 0.2) is 0 Å². The van der Waals surface area contributed by atoms with E-state index in [2.05, 4.69) is 21.5 Å². The van der Waals surface area contributed by atoms with Gasteiger partial charge in [0.15, 0.2) is 0 Å². The summed E-state index contributed by atoms with van der Waals surface area (Å²) in [4.78, 5) is 0. The molecule has 0 spiro atoms. The molecule has 0 radical (unpaired) electrons. The van der Waals surface area contributed by atoms with Crippen molar-refractivity contribution >= 4 is 0 Å². The Bertz CT molecular complexity index is 478. The van der Waals surface area contributed by atoms with Crippen LogP contribution < -0.4 is 21.5 Å². The molecule has 27 heavy (non-hydrogen) atoms. The first-order chi connectivity index (χ1) is 13.0. The zero-order valence-corrected chi connectivity index (χ0v) is 15.9. The van der Waals surface area contributed by atoms with E-state index in [1.54, 1.807) is 0 Å². The Hall–Kier alpha value is -0.410. The van der Waals surface area contributed by atoms with Gasteiger partial charge < -0.3 is 10.1 Å². The summed E-state index contributed by atoms with van der Waals surface area (Å²) in [5, 5.41) is 6.40. The Morgan fingerprint density at radius 1 is 0.926 bits per heavy atom. The van der Waals surface area contributed by atoms with E-state index in [4.69, 9.17) is 4.74 Å². The number of nitrogens with one attached hydrogen (secondary N) is 4. The molecule has 7 unspecified atom stereocenters. The first-order valence-corrected chi connectivity index (χ1v) is 10.7. The molecule has 4 N–H and O–H groups in total. The number of hydrogen-bond donors (Lipinski definition) is 4. The van der Waals surface area contributed by atoms with Crippen molar-refractivity contribution in [3.05, 3.63) is 0 Å². The number of hydrazine groups is 1. The number of rotatable bonds is 4. The number of halogens is 3. The third kappa shape index (κ3) is 4.61. The molecule has 1 saturated carbocycles. The SMILES string of the molecule is FC(F)(F)C1CCC(C2NNC(NCC3CCCO3)C3CCCCC32)CN1. The standard InChI is InChI=1S/C19H33F3N4O/c20-19(21,22)16-8-7-12(10-23-16)17-14-5-1-2-6-15(14)18(26-25-17)24-11-13-4-3-9-27-13/h12-18,23-26H,1-11H2. The highest BCUT2D eigenvalue weighted by Gasteiger charge is 2.47. The van der Waals surface area contributed by atoms with Crippen LogP contribution in [0.25, 0.3) is 0 Å². The number of ether oxygens (including phenoxy) is 1. The second-order valence-electron chi connectivity index (χ2n) is 8.79. The fourth-order valence-electron chi connectivity index (χ4n) is 5.65. The molecule has 156 valence electrons. The number of piperidine rings is 1. The van der Waals surface area contributed by atoms with Crippen molar-refractivity contribution in [3.8, 4) is 0 Å². The molecule has 0 bridgehead atoms. The molecule has 8 heteroatoms. The van der Waals surface area contributed by atoms with Crippen molar-refractivity contribution < 1.29 is 17.9 Å². The lowest BCUT2D eigenvalue weighted by molar-refractivity contribution is -0.163. The van der Waals surface area contributed by atoms with Gasteiger partial charge in [-0.05, 0) is 56.3 Å². The summed E-state index contributed by atoms with van der Waals surface area (Å²) >= 11 is 0. The van der Waals surface area contributed by atoms with Crippen LogP contribution in [0.2, 0.25) is 0 Å². The molecule has 0 aromatic carbocycles. The highest BCUT2D eigenvalue weighted by atomic mass is 19.4. The maximum Gasteiger partial charge on any atom is 0.403 e. The molecule has 7 atom stereocenters. The van der Waals surface area contributed by atoms with Gasteiger partial charge >= 0.3 is 6.18 Å². The first-order valence-electron chi connectivity index (χ1n) is 10.7. The lowest BCUT2D eigenvalue weighted by atomic mass is 9.68. The number of hydrogen-bond acceptors (Lipinski definition) is 5. The molecule has 3 saturated heterocycles. The fraction of sp³-hybridized carbons (Fsp3) is 1.00. The predicted octanol–water partition coefficient (Wildman–Crippen LogP) is 2.29. The minimum absolute atomic E-state index is 0.185. The maximum atomic E-state index is 12.9. The summed E-state index contributed by atoms with van der Waals surface area (Å²) in [5.74, 6) is 1.31. The third-order valence-electron chi connectivity index (χ3n) is 7.11. The van der Waals surface area contributed by atoms with Gasteiger partial charge in [0.2, 0.25) is 0 Å². The van der Waals surface area contributed by atoms with Gasteiger partial charge in [0, 0.05) is 25.7 Å². The van der Waals surface area contributed by atoms with Gasteiger partial charge in [0.05, 0.1) is 12.3 Å². The Kier molecular flexibility index (Phi) is 6.28. The van der Waals surface area contributed by atoms with Crippen LogP contribution in [0, 0.1) is 17.8 Å². The average molecular weight is 390 g/mol. The molecule has 4 rings (SSSR count). The lowest BCUT2D eigenvalue weighted by Gasteiger charge is -2.50. The largest absolute Gasteiger partial charge is 0.403 e.